The first-order chi connectivity index (χ1) is 9.02. The van der Waals surface area contributed by atoms with Crippen LogP contribution >= 0.6 is 11.6 Å². The van der Waals surface area contributed by atoms with Crippen molar-refractivity contribution < 1.29 is 0 Å². The van der Waals surface area contributed by atoms with Crippen LogP contribution in [-0.2, 0) is 6.42 Å². The molecule has 4 heteroatoms. The molecule has 2 rings (SSSR count). The maximum absolute atomic E-state index is 6.28. The molecule has 1 aromatic rings. The Bertz CT molecular complexity index is 441. The Morgan fingerprint density at radius 1 is 1.32 bits per heavy atom. The molecule has 1 fully saturated rings. The van der Waals surface area contributed by atoms with Crippen LogP contribution in [0.4, 0.5) is 5.82 Å². The van der Waals surface area contributed by atoms with Gasteiger partial charge in [0.05, 0.1) is 0 Å². The Hall–Kier alpha value is -0.830. The van der Waals surface area contributed by atoms with Gasteiger partial charge in [-0.3, -0.25) is 0 Å². The quantitative estimate of drug-likeness (QED) is 0.738. The molecule has 0 amide bonds. The van der Waals surface area contributed by atoms with E-state index in [0.29, 0.717) is 11.2 Å². The standard InChI is InChI=1S/C15H24ClN3/c1-5-6-13-17-14(16)11(4)15(18-13)19(10(2)3)9-12-7-8-12/h10,12H,5-9H2,1-4H3. The number of anilines is 1. The van der Waals surface area contributed by atoms with Crippen molar-refractivity contribution in [3.63, 3.8) is 0 Å². The number of aromatic nitrogens is 2. The number of hydrogen-bond acceptors (Lipinski definition) is 3. The van der Waals surface area contributed by atoms with E-state index in [0.717, 1.165) is 42.5 Å². The molecule has 1 heterocycles. The third kappa shape index (κ3) is 3.59. The molecule has 1 aliphatic rings. The van der Waals surface area contributed by atoms with E-state index in [1.54, 1.807) is 0 Å². The zero-order valence-electron chi connectivity index (χ0n) is 12.4. The van der Waals surface area contributed by atoms with Crippen LogP contribution in [0.1, 0.15) is 51.4 Å². The number of halogens is 1. The van der Waals surface area contributed by atoms with Crippen molar-refractivity contribution in [2.75, 3.05) is 11.4 Å². The van der Waals surface area contributed by atoms with Crippen LogP contribution in [0.15, 0.2) is 0 Å². The molecule has 1 aromatic heterocycles. The largest absolute Gasteiger partial charge is 0.354 e. The van der Waals surface area contributed by atoms with E-state index in [-0.39, 0.29) is 0 Å². The van der Waals surface area contributed by atoms with E-state index in [1.807, 2.05) is 6.92 Å². The predicted molar refractivity (Wildman–Crippen MR) is 81.0 cm³/mol. The van der Waals surface area contributed by atoms with Crippen molar-refractivity contribution in [2.45, 2.75) is 59.4 Å². The summed E-state index contributed by atoms with van der Waals surface area (Å²) in [5, 5.41) is 0.606. The lowest BCUT2D eigenvalue weighted by molar-refractivity contribution is 0.630. The Labute approximate surface area is 121 Å². The highest BCUT2D eigenvalue weighted by atomic mass is 35.5. The summed E-state index contributed by atoms with van der Waals surface area (Å²) in [7, 11) is 0. The molecule has 1 aliphatic carbocycles. The monoisotopic (exact) mass is 281 g/mol. The third-order valence-corrected chi connectivity index (χ3v) is 4.00. The number of nitrogens with zero attached hydrogens (tertiary/aromatic N) is 3. The molecular formula is C15H24ClN3. The lowest BCUT2D eigenvalue weighted by atomic mass is 10.2. The van der Waals surface area contributed by atoms with Gasteiger partial charge in [-0.1, -0.05) is 18.5 Å². The van der Waals surface area contributed by atoms with Crippen molar-refractivity contribution in [1.82, 2.24) is 9.97 Å². The zero-order valence-corrected chi connectivity index (χ0v) is 13.2. The first kappa shape index (κ1) is 14.6. The summed E-state index contributed by atoms with van der Waals surface area (Å²) in [6.45, 7) is 9.70. The van der Waals surface area contributed by atoms with Gasteiger partial charge in [0, 0.05) is 24.6 Å². The molecule has 0 bridgehead atoms. The van der Waals surface area contributed by atoms with Gasteiger partial charge in [-0.25, -0.2) is 9.97 Å². The molecule has 0 atom stereocenters. The summed E-state index contributed by atoms with van der Waals surface area (Å²) in [6, 6.07) is 0.444. The van der Waals surface area contributed by atoms with E-state index in [9.17, 15) is 0 Å². The molecule has 0 aliphatic heterocycles. The minimum absolute atomic E-state index is 0.444. The summed E-state index contributed by atoms with van der Waals surface area (Å²) in [4.78, 5) is 11.5. The van der Waals surface area contributed by atoms with E-state index < -0.39 is 0 Å². The van der Waals surface area contributed by atoms with E-state index in [2.05, 4.69) is 30.7 Å². The zero-order chi connectivity index (χ0) is 14.0. The second-order valence-corrected chi connectivity index (χ2v) is 6.18. The first-order valence-corrected chi connectivity index (χ1v) is 7.70. The summed E-state index contributed by atoms with van der Waals surface area (Å²) >= 11 is 6.28. The predicted octanol–water partition coefficient (Wildman–Crippen LogP) is 4.02. The van der Waals surface area contributed by atoms with Crippen LogP contribution < -0.4 is 4.90 Å². The highest BCUT2D eigenvalue weighted by Gasteiger charge is 2.27. The van der Waals surface area contributed by atoms with Gasteiger partial charge in [0.25, 0.3) is 0 Å². The van der Waals surface area contributed by atoms with Crippen molar-refractivity contribution in [2.24, 2.45) is 5.92 Å². The van der Waals surface area contributed by atoms with Crippen molar-refractivity contribution >= 4 is 17.4 Å². The fraction of sp³-hybridized carbons (Fsp3) is 0.733. The highest BCUT2D eigenvalue weighted by molar-refractivity contribution is 6.30. The minimum Gasteiger partial charge on any atom is -0.354 e. The molecule has 0 radical (unpaired) electrons. The van der Waals surface area contributed by atoms with Crippen LogP contribution in [0.2, 0.25) is 5.15 Å². The Balaban J connectivity index is 2.32. The summed E-state index contributed by atoms with van der Waals surface area (Å²) in [5.41, 5.74) is 1.01. The molecule has 106 valence electrons. The lowest BCUT2D eigenvalue weighted by Crippen LogP contribution is -2.34. The van der Waals surface area contributed by atoms with Crippen LogP contribution in [-0.4, -0.2) is 22.6 Å². The highest BCUT2D eigenvalue weighted by Crippen LogP contribution is 2.33. The lowest BCUT2D eigenvalue weighted by Gasteiger charge is -2.29. The molecule has 1 saturated carbocycles. The molecular weight excluding hydrogens is 258 g/mol. The molecule has 0 saturated heterocycles. The van der Waals surface area contributed by atoms with Crippen LogP contribution in [0, 0.1) is 12.8 Å². The number of aryl methyl sites for hydroxylation is 1. The molecule has 0 unspecified atom stereocenters. The van der Waals surface area contributed by atoms with Gasteiger partial charge in [0.1, 0.15) is 16.8 Å². The number of hydrogen-bond donors (Lipinski definition) is 0. The normalized spacial score (nSPS) is 15.1. The van der Waals surface area contributed by atoms with E-state index >= 15 is 0 Å². The maximum atomic E-state index is 6.28. The number of rotatable bonds is 6. The molecule has 0 aromatic carbocycles. The smallest absolute Gasteiger partial charge is 0.137 e. The van der Waals surface area contributed by atoms with Crippen molar-refractivity contribution in [3.8, 4) is 0 Å². The molecule has 0 N–H and O–H groups in total. The van der Waals surface area contributed by atoms with Gasteiger partial charge in [-0.05, 0) is 46.0 Å². The fourth-order valence-electron chi connectivity index (χ4n) is 2.26. The topological polar surface area (TPSA) is 29.0 Å². The van der Waals surface area contributed by atoms with Crippen LogP contribution in [0.3, 0.4) is 0 Å². The van der Waals surface area contributed by atoms with Gasteiger partial charge < -0.3 is 4.90 Å². The van der Waals surface area contributed by atoms with Gasteiger partial charge >= 0.3 is 0 Å². The van der Waals surface area contributed by atoms with Gasteiger partial charge in [0.15, 0.2) is 0 Å². The average molecular weight is 282 g/mol. The SMILES string of the molecule is CCCc1nc(Cl)c(C)c(N(CC2CC2)C(C)C)n1. The summed E-state index contributed by atoms with van der Waals surface area (Å²) in [5.74, 6) is 2.74. The first-order valence-electron chi connectivity index (χ1n) is 7.32. The summed E-state index contributed by atoms with van der Waals surface area (Å²) in [6.07, 6.45) is 4.64. The minimum atomic E-state index is 0.444. The van der Waals surface area contributed by atoms with Crippen LogP contribution in [0.25, 0.3) is 0 Å². The van der Waals surface area contributed by atoms with Crippen LogP contribution in [0.5, 0.6) is 0 Å². The van der Waals surface area contributed by atoms with Gasteiger partial charge in [-0.2, -0.15) is 0 Å². The van der Waals surface area contributed by atoms with Gasteiger partial charge in [-0.15, -0.1) is 0 Å². The Kier molecular flexibility index (Phi) is 4.67. The van der Waals surface area contributed by atoms with E-state index in [4.69, 9.17) is 16.6 Å². The van der Waals surface area contributed by atoms with Crippen molar-refractivity contribution in [1.29, 1.82) is 0 Å². The molecule has 0 spiro atoms. The Morgan fingerprint density at radius 2 is 2.00 bits per heavy atom. The Morgan fingerprint density at radius 3 is 2.53 bits per heavy atom. The van der Waals surface area contributed by atoms with E-state index in [1.165, 1.54) is 12.8 Å². The maximum Gasteiger partial charge on any atom is 0.137 e. The van der Waals surface area contributed by atoms with Crippen molar-refractivity contribution in [3.05, 3.63) is 16.5 Å². The van der Waals surface area contributed by atoms with Gasteiger partial charge in [0.2, 0.25) is 0 Å². The molecule has 3 nitrogen and oxygen atoms in total. The second kappa shape index (κ2) is 6.08. The molecule has 19 heavy (non-hydrogen) atoms. The summed E-state index contributed by atoms with van der Waals surface area (Å²) < 4.78 is 0. The average Bonchev–Trinajstić information content (AvgIpc) is 3.15. The second-order valence-electron chi connectivity index (χ2n) is 5.82. The third-order valence-electron chi connectivity index (χ3n) is 3.63. The fourth-order valence-corrected chi connectivity index (χ4v) is 2.44.